The van der Waals surface area contributed by atoms with Crippen molar-refractivity contribution in [1.82, 2.24) is 5.32 Å². The third-order valence-electron chi connectivity index (χ3n) is 4.27. The second kappa shape index (κ2) is 5.79. The Morgan fingerprint density at radius 1 is 1.13 bits per heavy atom. The van der Waals surface area contributed by atoms with Gasteiger partial charge in [0.25, 0.3) is 0 Å². The summed E-state index contributed by atoms with van der Waals surface area (Å²) in [6.45, 7) is 1.61. The maximum atomic E-state index is 9.28. The van der Waals surface area contributed by atoms with Crippen molar-refractivity contribution in [3.05, 3.63) is 65.6 Å². The van der Waals surface area contributed by atoms with Gasteiger partial charge in [-0.3, -0.25) is 0 Å². The van der Waals surface area contributed by atoms with Crippen LogP contribution in [-0.4, -0.2) is 6.54 Å². The first-order chi connectivity index (χ1) is 11.4. The van der Waals surface area contributed by atoms with Gasteiger partial charge >= 0.3 is 0 Å². The topological polar surface area (TPSA) is 58.2 Å². The van der Waals surface area contributed by atoms with Crippen molar-refractivity contribution in [3.8, 4) is 11.8 Å². The molecule has 23 heavy (non-hydrogen) atoms. The minimum atomic E-state index is -0.0462. The number of nitrogens with one attached hydrogen (secondary N) is 1. The molecule has 0 fully saturated rings. The van der Waals surface area contributed by atoms with Crippen molar-refractivity contribution >= 4 is 10.8 Å². The van der Waals surface area contributed by atoms with Crippen molar-refractivity contribution in [2.24, 2.45) is 0 Å². The smallest absolute Gasteiger partial charge is 0.128 e. The van der Waals surface area contributed by atoms with Gasteiger partial charge in [0, 0.05) is 22.8 Å². The Hall–Kier alpha value is -2.77. The molecule has 4 nitrogen and oxygen atoms in total. The molecular weight excluding hydrogens is 288 g/mol. The molecular formula is C19H16N2O2. The van der Waals surface area contributed by atoms with E-state index in [1.807, 2.05) is 42.5 Å². The first-order valence-electron chi connectivity index (χ1n) is 7.72. The zero-order chi connectivity index (χ0) is 15.6. The highest BCUT2D eigenvalue weighted by molar-refractivity contribution is 5.92. The molecule has 1 aromatic heterocycles. The van der Waals surface area contributed by atoms with E-state index in [-0.39, 0.29) is 6.10 Å². The maximum Gasteiger partial charge on any atom is 0.128 e. The van der Waals surface area contributed by atoms with Crippen molar-refractivity contribution in [2.75, 3.05) is 6.54 Å². The fourth-order valence-electron chi connectivity index (χ4n) is 3.12. The van der Waals surface area contributed by atoms with Crippen molar-refractivity contribution in [3.63, 3.8) is 0 Å². The molecule has 2 heterocycles. The number of hydrogen-bond acceptors (Lipinski definition) is 4. The summed E-state index contributed by atoms with van der Waals surface area (Å²) in [6.07, 6.45) is 2.54. The average molecular weight is 304 g/mol. The number of nitriles is 1. The summed E-state index contributed by atoms with van der Waals surface area (Å²) in [4.78, 5) is 0. The highest BCUT2D eigenvalue weighted by Gasteiger charge is 2.23. The van der Waals surface area contributed by atoms with Crippen molar-refractivity contribution in [2.45, 2.75) is 19.1 Å². The van der Waals surface area contributed by atoms with Crippen LogP contribution in [0.4, 0.5) is 0 Å². The molecule has 2 aromatic carbocycles. The second-order valence-corrected chi connectivity index (χ2v) is 5.64. The lowest BCUT2D eigenvalue weighted by Gasteiger charge is -2.19. The van der Waals surface area contributed by atoms with E-state index in [9.17, 15) is 5.26 Å². The highest BCUT2D eigenvalue weighted by Crippen LogP contribution is 2.34. The summed E-state index contributed by atoms with van der Waals surface area (Å²) in [5.41, 5.74) is 1.77. The van der Waals surface area contributed by atoms with Crippen LogP contribution >= 0.6 is 0 Å². The van der Waals surface area contributed by atoms with Crippen LogP contribution in [0.25, 0.3) is 10.8 Å². The molecule has 0 aliphatic carbocycles. The number of furan rings is 1. The molecule has 114 valence electrons. The Bertz CT molecular complexity index is 892. The van der Waals surface area contributed by atoms with E-state index in [1.54, 1.807) is 6.26 Å². The normalized spacial score (nSPS) is 17.3. The van der Waals surface area contributed by atoms with Gasteiger partial charge in [-0.1, -0.05) is 24.3 Å². The van der Waals surface area contributed by atoms with Gasteiger partial charge in [0.1, 0.15) is 17.6 Å². The molecule has 0 saturated carbocycles. The van der Waals surface area contributed by atoms with E-state index >= 15 is 0 Å². The summed E-state index contributed by atoms with van der Waals surface area (Å²) >= 11 is 0. The maximum absolute atomic E-state index is 9.28. The van der Waals surface area contributed by atoms with Crippen molar-refractivity contribution < 1.29 is 9.15 Å². The van der Waals surface area contributed by atoms with Gasteiger partial charge in [-0.05, 0) is 24.7 Å². The van der Waals surface area contributed by atoms with E-state index in [2.05, 4.69) is 11.4 Å². The molecule has 0 saturated heterocycles. The monoisotopic (exact) mass is 304 g/mol. The SMILES string of the molecule is N#Cc1ccc(OC2CCNCc3occc32)c2ccccc12. The molecule has 0 spiro atoms. The second-order valence-electron chi connectivity index (χ2n) is 5.64. The standard InChI is InChI=1S/C19H16N2O2/c20-11-13-5-6-17(15-4-2-1-3-14(13)15)23-18-7-9-21-12-19-16(18)8-10-22-19/h1-6,8,10,18,21H,7,9,12H2. The molecule has 1 atom stereocenters. The van der Waals surface area contributed by atoms with E-state index < -0.39 is 0 Å². The predicted molar refractivity (Wildman–Crippen MR) is 87.1 cm³/mol. The Labute approximate surface area is 134 Å². The zero-order valence-corrected chi connectivity index (χ0v) is 12.6. The molecule has 1 aliphatic heterocycles. The Morgan fingerprint density at radius 2 is 2.00 bits per heavy atom. The van der Waals surface area contributed by atoms with E-state index in [0.717, 1.165) is 47.4 Å². The average Bonchev–Trinajstić information content (AvgIpc) is 2.98. The fraction of sp³-hybridized carbons (Fsp3) is 0.211. The summed E-state index contributed by atoms with van der Waals surface area (Å²) in [5, 5.41) is 14.5. The molecule has 0 radical (unpaired) electrons. The highest BCUT2D eigenvalue weighted by atomic mass is 16.5. The lowest BCUT2D eigenvalue weighted by Crippen LogP contribution is -2.14. The van der Waals surface area contributed by atoms with Gasteiger partial charge in [-0.25, -0.2) is 0 Å². The number of rotatable bonds is 2. The van der Waals surface area contributed by atoms with Gasteiger partial charge in [0.15, 0.2) is 0 Å². The summed E-state index contributed by atoms with van der Waals surface area (Å²) in [5.74, 6) is 1.74. The van der Waals surface area contributed by atoms with Gasteiger partial charge in [0.2, 0.25) is 0 Å². The van der Waals surface area contributed by atoms with Crippen LogP contribution in [0.2, 0.25) is 0 Å². The minimum Gasteiger partial charge on any atom is -0.485 e. The fourth-order valence-corrected chi connectivity index (χ4v) is 3.12. The molecule has 1 unspecified atom stereocenters. The number of fused-ring (bicyclic) bond motifs is 2. The van der Waals surface area contributed by atoms with Crippen LogP contribution in [-0.2, 0) is 6.54 Å². The van der Waals surface area contributed by atoms with Crippen LogP contribution < -0.4 is 10.1 Å². The van der Waals surface area contributed by atoms with E-state index in [1.165, 1.54) is 0 Å². The Kier molecular flexibility index (Phi) is 3.49. The lowest BCUT2D eigenvalue weighted by molar-refractivity contribution is 0.199. The molecule has 0 bridgehead atoms. The minimum absolute atomic E-state index is 0.0462. The molecule has 4 heteroatoms. The third kappa shape index (κ3) is 2.45. The van der Waals surface area contributed by atoms with Crippen LogP contribution in [0, 0.1) is 11.3 Å². The summed E-state index contributed by atoms with van der Waals surface area (Å²) < 4.78 is 11.9. The van der Waals surface area contributed by atoms with Gasteiger partial charge in [-0.15, -0.1) is 0 Å². The first kappa shape index (κ1) is 13.9. The van der Waals surface area contributed by atoms with E-state index in [4.69, 9.17) is 9.15 Å². The Morgan fingerprint density at radius 3 is 2.87 bits per heavy atom. The lowest BCUT2D eigenvalue weighted by atomic mass is 10.0. The molecule has 1 aliphatic rings. The first-order valence-corrected chi connectivity index (χ1v) is 7.72. The van der Waals surface area contributed by atoms with Crippen LogP contribution in [0.1, 0.15) is 29.4 Å². The quantitative estimate of drug-likeness (QED) is 0.779. The third-order valence-corrected chi connectivity index (χ3v) is 4.27. The summed E-state index contributed by atoms with van der Waals surface area (Å²) in [6, 6.07) is 15.8. The van der Waals surface area contributed by atoms with E-state index in [0.29, 0.717) is 5.56 Å². The van der Waals surface area contributed by atoms with Gasteiger partial charge < -0.3 is 14.5 Å². The van der Waals surface area contributed by atoms with Gasteiger partial charge in [0.05, 0.1) is 24.4 Å². The predicted octanol–water partition coefficient (Wildman–Crippen LogP) is 3.92. The molecule has 0 amide bonds. The van der Waals surface area contributed by atoms with Gasteiger partial charge in [-0.2, -0.15) is 5.26 Å². The zero-order valence-electron chi connectivity index (χ0n) is 12.6. The molecule has 4 rings (SSSR count). The number of ether oxygens (including phenoxy) is 1. The van der Waals surface area contributed by atoms with Crippen LogP contribution in [0.5, 0.6) is 5.75 Å². The van der Waals surface area contributed by atoms with Crippen molar-refractivity contribution in [1.29, 1.82) is 5.26 Å². The largest absolute Gasteiger partial charge is 0.485 e. The number of hydrogen-bond donors (Lipinski definition) is 1. The summed E-state index contributed by atoms with van der Waals surface area (Å²) in [7, 11) is 0. The number of nitrogens with zero attached hydrogens (tertiary/aromatic N) is 1. The van der Waals surface area contributed by atoms with Crippen LogP contribution in [0.15, 0.2) is 53.1 Å². The molecule has 1 N–H and O–H groups in total. The Balaban J connectivity index is 1.76. The molecule has 3 aromatic rings. The van der Waals surface area contributed by atoms with Crippen LogP contribution in [0.3, 0.4) is 0 Å². The number of benzene rings is 2.